The van der Waals surface area contributed by atoms with Gasteiger partial charge in [-0.05, 0) is 19.4 Å². The molecule has 2 aromatic heterocycles. The molecular weight excluding hydrogens is 286 g/mol. The summed E-state index contributed by atoms with van der Waals surface area (Å²) in [5.41, 5.74) is 1.17. The van der Waals surface area contributed by atoms with E-state index in [1.165, 1.54) is 23.3 Å². The summed E-state index contributed by atoms with van der Waals surface area (Å²) in [5, 5.41) is 9.53. The molecule has 1 atom stereocenters. The second-order valence-corrected chi connectivity index (χ2v) is 6.15. The van der Waals surface area contributed by atoms with E-state index in [4.69, 9.17) is 0 Å². The Morgan fingerprint density at radius 1 is 1.57 bits per heavy atom. The standard InChI is InChI=1S/C14H19N5OS/c1-18(14-15-5-7-21-14)13(20)10-19-6-3-2-4-12(19)11-8-16-17-9-11/h5,7-9,12H,2-4,6,10H2,1H3,(H,16,17)/t12-/m1/s1. The Balaban J connectivity index is 1.68. The van der Waals surface area contributed by atoms with Crippen LogP contribution in [-0.2, 0) is 4.79 Å². The molecule has 3 heterocycles. The third-order valence-electron chi connectivity index (χ3n) is 3.94. The number of hydrogen-bond acceptors (Lipinski definition) is 5. The first-order valence-corrected chi connectivity index (χ1v) is 8.02. The molecule has 1 fully saturated rings. The zero-order chi connectivity index (χ0) is 14.7. The van der Waals surface area contributed by atoms with Gasteiger partial charge in [-0.15, -0.1) is 11.3 Å². The lowest BCUT2D eigenvalue weighted by Gasteiger charge is -2.35. The first kappa shape index (κ1) is 14.2. The number of anilines is 1. The van der Waals surface area contributed by atoms with Crippen LogP contribution in [-0.4, -0.2) is 46.1 Å². The van der Waals surface area contributed by atoms with E-state index < -0.39 is 0 Å². The topological polar surface area (TPSA) is 65.1 Å². The van der Waals surface area contributed by atoms with Crippen LogP contribution in [0.4, 0.5) is 5.13 Å². The monoisotopic (exact) mass is 305 g/mol. The molecule has 7 heteroatoms. The molecule has 0 bridgehead atoms. The molecular formula is C14H19N5OS. The molecule has 0 unspecified atom stereocenters. The van der Waals surface area contributed by atoms with Gasteiger partial charge in [0.1, 0.15) is 0 Å². The number of nitrogens with zero attached hydrogens (tertiary/aromatic N) is 4. The van der Waals surface area contributed by atoms with Crippen molar-refractivity contribution >= 4 is 22.4 Å². The SMILES string of the molecule is CN(C(=O)CN1CCCC[C@@H]1c1cn[nH]c1)c1nccs1. The smallest absolute Gasteiger partial charge is 0.242 e. The van der Waals surface area contributed by atoms with Crippen molar-refractivity contribution in [3.05, 3.63) is 29.5 Å². The first-order valence-electron chi connectivity index (χ1n) is 7.14. The summed E-state index contributed by atoms with van der Waals surface area (Å²) < 4.78 is 0. The molecule has 0 spiro atoms. The minimum atomic E-state index is 0.0837. The van der Waals surface area contributed by atoms with Crippen LogP contribution < -0.4 is 4.90 Å². The van der Waals surface area contributed by atoms with Gasteiger partial charge >= 0.3 is 0 Å². The molecule has 1 amide bonds. The Morgan fingerprint density at radius 2 is 2.48 bits per heavy atom. The highest BCUT2D eigenvalue weighted by atomic mass is 32.1. The minimum absolute atomic E-state index is 0.0837. The molecule has 0 aliphatic carbocycles. The number of carbonyl (C=O) groups excluding carboxylic acids is 1. The maximum atomic E-state index is 12.5. The number of aromatic amines is 1. The number of thiazole rings is 1. The Labute approximate surface area is 127 Å². The summed E-state index contributed by atoms with van der Waals surface area (Å²) in [4.78, 5) is 20.5. The first-order chi connectivity index (χ1) is 10.3. The number of nitrogens with one attached hydrogen (secondary N) is 1. The summed E-state index contributed by atoms with van der Waals surface area (Å²) in [6.45, 7) is 1.37. The van der Waals surface area contributed by atoms with Crippen LogP contribution in [0.15, 0.2) is 24.0 Å². The van der Waals surface area contributed by atoms with Gasteiger partial charge in [0.05, 0.1) is 12.7 Å². The molecule has 1 aliphatic heterocycles. The van der Waals surface area contributed by atoms with E-state index in [0.717, 1.165) is 24.5 Å². The minimum Gasteiger partial charge on any atom is -0.290 e. The Morgan fingerprint density at radius 3 is 3.19 bits per heavy atom. The number of aromatic nitrogens is 3. The highest BCUT2D eigenvalue weighted by Crippen LogP contribution is 2.30. The Kier molecular flexibility index (Phi) is 4.31. The number of likely N-dealkylation sites (tertiary alicyclic amines) is 1. The van der Waals surface area contributed by atoms with Gasteiger partial charge < -0.3 is 0 Å². The number of hydrogen-bond donors (Lipinski definition) is 1. The predicted octanol–water partition coefficient (Wildman–Crippen LogP) is 2.06. The highest BCUT2D eigenvalue weighted by Gasteiger charge is 2.27. The summed E-state index contributed by atoms with van der Waals surface area (Å²) in [7, 11) is 1.79. The third kappa shape index (κ3) is 3.14. The molecule has 3 rings (SSSR count). The van der Waals surface area contributed by atoms with Gasteiger partial charge in [0.25, 0.3) is 0 Å². The average Bonchev–Trinajstić information content (AvgIpc) is 3.20. The number of piperidine rings is 1. The quantitative estimate of drug-likeness (QED) is 0.939. The predicted molar refractivity (Wildman–Crippen MR) is 82.3 cm³/mol. The van der Waals surface area contributed by atoms with Gasteiger partial charge in [0.2, 0.25) is 5.91 Å². The van der Waals surface area contributed by atoms with Crippen molar-refractivity contribution in [2.24, 2.45) is 0 Å². The average molecular weight is 305 g/mol. The lowest BCUT2D eigenvalue weighted by molar-refractivity contribution is -0.120. The van der Waals surface area contributed by atoms with Crippen molar-refractivity contribution in [3.8, 4) is 0 Å². The lowest BCUT2D eigenvalue weighted by Crippen LogP contribution is -2.42. The van der Waals surface area contributed by atoms with Gasteiger partial charge in [-0.2, -0.15) is 5.10 Å². The molecule has 2 aromatic rings. The van der Waals surface area contributed by atoms with Crippen LogP contribution in [0.2, 0.25) is 0 Å². The number of H-pyrrole nitrogens is 1. The van der Waals surface area contributed by atoms with Crippen molar-refractivity contribution in [1.29, 1.82) is 0 Å². The van der Waals surface area contributed by atoms with Crippen LogP contribution in [0, 0.1) is 0 Å². The third-order valence-corrected chi connectivity index (χ3v) is 4.78. The van der Waals surface area contributed by atoms with E-state index in [-0.39, 0.29) is 11.9 Å². The zero-order valence-electron chi connectivity index (χ0n) is 12.0. The molecule has 6 nitrogen and oxygen atoms in total. The van der Waals surface area contributed by atoms with Crippen LogP contribution in [0.1, 0.15) is 30.9 Å². The highest BCUT2D eigenvalue weighted by molar-refractivity contribution is 7.13. The van der Waals surface area contributed by atoms with Crippen LogP contribution in [0.3, 0.4) is 0 Å². The summed E-state index contributed by atoms with van der Waals surface area (Å²) in [6, 6.07) is 0.283. The van der Waals surface area contributed by atoms with Crippen LogP contribution >= 0.6 is 11.3 Å². The maximum absolute atomic E-state index is 12.5. The molecule has 1 aliphatic rings. The van der Waals surface area contributed by atoms with Gasteiger partial charge in [0, 0.05) is 36.4 Å². The van der Waals surface area contributed by atoms with Crippen LogP contribution in [0.5, 0.6) is 0 Å². The molecule has 112 valence electrons. The Hall–Kier alpha value is -1.73. The zero-order valence-corrected chi connectivity index (χ0v) is 12.8. The molecule has 0 radical (unpaired) electrons. The fraction of sp³-hybridized carbons (Fsp3) is 0.500. The normalized spacial score (nSPS) is 19.6. The lowest BCUT2D eigenvalue weighted by atomic mass is 9.97. The van der Waals surface area contributed by atoms with Crippen LogP contribution in [0.25, 0.3) is 0 Å². The van der Waals surface area contributed by atoms with Crippen molar-refractivity contribution in [1.82, 2.24) is 20.1 Å². The fourth-order valence-electron chi connectivity index (χ4n) is 2.77. The number of likely N-dealkylation sites (N-methyl/N-ethyl adjacent to an activating group) is 1. The number of rotatable bonds is 4. The van der Waals surface area contributed by atoms with E-state index >= 15 is 0 Å². The van der Waals surface area contributed by atoms with E-state index in [9.17, 15) is 4.79 Å². The number of carbonyl (C=O) groups is 1. The van der Waals surface area contributed by atoms with Crippen molar-refractivity contribution in [3.63, 3.8) is 0 Å². The summed E-state index contributed by atoms with van der Waals surface area (Å²) >= 11 is 1.48. The summed E-state index contributed by atoms with van der Waals surface area (Å²) in [5.74, 6) is 0.0837. The van der Waals surface area contributed by atoms with E-state index in [1.807, 2.05) is 17.8 Å². The van der Waals surface area contributed by atoms with E-state index in [1.54, 1.807) is 18.1 Å². The van der Waals surface area contributed by atoms with E-state index in [0.29, 0.717) is 6.54 Å². The van der Waals surface area contributed by atoms with Gasteiger partial charge in [-0.25, -0.2) is 4.98 Å². The van der Waals surface area contributed by atoms with Crippen molar-refractivity contribution in [2.45, 2.75) is 25.3 Å². The van der Waals surface area contributed by atoms with E-state index in [2.05, 4.69) is 20.1 Å². The molecule has 1 saturated heterocycles. The fourth-order valence-corrected chi connectivity index (χ4v) is 3.39. The number of amides is 1. The van der Waals surface area contributed by atoms with Gasteiger partial charge in [0.15, 0.2) is 5.13 Å². The Bertz CT molecular complexity index is 568. The largest absolute Gasteiger partial charge is 0.290 e. The van der Waals surface area contributed by atoms with Crippen molar-refractivity contribution < 1.29 is 4.79 Å². The molecule has 0 saturated carbocycles. The molecule has 1 N–H and O–H groups in total. The molecule has 0 aromatic carbocycles. The summed E-state index contributed by atoms with van der Waals surface area (Å²) in [6.07, 6.45) is 8.92. The molecule has 21 heavy (non-hydrogen) atoms. The maximum Gasteiger partial charge on any atom is 0.242 e. The second kappa shape index (κ2) is 6.36. The van der Waals surface area contributed by atoms with Gasteiger partial charge in [-0.3, -0.25) is 19.7 Å². The van der Waals surface area contributed by atoms with Crippen molar-refractivity contribution in [2.75, 3.05) is 25.0 Å². The van der Waals surface area contributed by atoms with Gasteiger partial charge in [-0.1, -0.05) is 6.42 Å². The second-order valence-electron chi connectivity index (χ2n) is 5.28.